The first-order valence-corrected chi connectivity index (χ1v) is 8.53. The number of esters is 1. The Bertz CT molecular complexity index is 953. The topological polar surface area (TPSA) is 149 Å². The molecular formula is C14H15GaN5O6S. The predicted molar refractivity (Wildman–Crippen MR) is 94.0 cm³/mol. The van der Waals surface area contributed by atoms with Gasteiger partial charge in [0.05, 0.1) is 19.8 Å². The number of carbonyl (C=O) groups is 2. The fourth-order valence-corrected chi connectivity index (χ4v) is 2.99. The van der Waals surface area contributed by atoms with Crippen molar-refractivity contribution in [2.45, 2.75) is 11.8 Å². The fraction of sp³-hybridized carbons (Fsp3) is 0.214. The van der Waals surface area contributed by atoms with Gasteiger partial charge >= 0.3 is 18.0 Å². The van der Waals surface area contributed by atoms with Crippen LogP contribution in [0.15, 0.2) is 29.2 Å². The summed E-state index contributed by atoms with van der Waals surface area (Å²) in [5.74, 6) is -0.807. The molecule has 0 unspecified atom stereocenters. The van der Waals surface area contributed by atoms with Crippen LogP contribution in [0.1, 0.15) is 16.2 Å². The van der Waals surface area contributed by atoms with Crippen LogP contribution in [0.5, 0.6) is 6.01 Å². The molecule has 0 saturated carbocycles. The number of rotatable bonds is 5. The number of amides is 2. The van der Waals surface area contributed by atoms with Gasteiger partial charge in [0.15, 0.2) is 0 Å². The van der Waals surface area contributed by atoms with Gasteiger partial charge in [-0.25, -0.2) is 22.7 Å². The van der Waals surface area contributed by atoms with E-state index in [0.29, 0.717) is 0 Å². The quantitative estimate of drug-likeness (QED) is 0.477. The Morgan fingerprint density at radius 2 is 1.74 bits per heavy atom. The molecule has 2 rings (SSSR count). The van der Waals surface area contributed by atoms with Crippen LogP contribution in [0.4, 0.5) is 10.7 Å². The summed E-state index contributed by atoms with van der Waals surface area (Å²) in [4.78, 5) is 34.7. The molecule has 0 aliphatic carbocycles. The molecule has 13 heteroatoms. The van der Waals surface area contributed by atoms with Crippen molar-refractivity contribution in [3.8, 4) is 6.01 Å². The molecule has 2 aromatic rings. The molecule has 3 radical (unpaired) electrons. The Labute approximate surface area is 168 Å². The number of sulfonamides is 1. The van der Waals surface area contributed by atoms with E-state index < -0.39 is 26.9 Å². The zero-order chi connectivity index (χ0) is 19.3. The number of benzene rings is 1. The van der Waals surface area contributed by atoms with Gasteiger partial charge in [-0.2, -0.15) is 15.0 Å². The number of hydrogen-bond acceptors (Lipinski definition) is 9. The number of carbonyl (C=O) groups excluding carboxylic acids is 2. The van der Waals surface area contributed by atoms with Gasteiger partial charge in [0.2, 0.25) is 5.95 Å². The third kappa shape index (κ3) is 5.67. The Balaban J connectivity index is 0.00000364. The molecule has 0 saturated heterocycles. The van der Waals surface area contributed by atoms with Crippen molar-refractivity contribution < 1.29 is 27.5 Å². The second-order valence-electron chi connectivity index (χ2n) is 4.74. The largest absolute Gasteiger partial charge is 0.467 e. The summed E-state index contributed by atoms with van der Waals surface area (Å²) >= 11 is 0. The van der Waals surface area contributed by atoms with Crippen LogP contribution < -0.4 is 14.8 Å². The summed E-state index contributed by atoms with van der Waals surface area (Å²) in [5.41, 5.74) is -0.215. The second-order valence-corrected chi connectivity index (χ2v) is 6.39. The molecule has 27 heavy (non-hydrogen) atoms. The first-order chi connectivity index (χ1) is 12.3. The minimum Gasteiger partial charge on any atom is -0.467 e. The van der Waals surface area contributed by atoms with E-state index in [1.807, 2.05) is 0 Å². The Hall–Kier alpha value is -2.64. The molecule has 0 spiro atoms. The Morgan fingerprint density at radius 3 is 2.37 bits per heavy atom. The van der Waals surface area contributed by atoms with E-state index >= 15 is 0 Å². The normalized spacial score (nSPS) is 10.3. The van der Waals surface area contributed by atoms with Gasteiger partial charge in [0.25, 0.3) is 10.0 Å². The van der Waals surface area contributed by atoms with Crippen molar-refractivity contribution in [3.63, 3.8) is 0 Å². The van der Waals surface area contributed by atoms with E-state index in [0.717, 1.165) is 13.2 Å². The van der Waals surface area contributed by atoms with Crippen LogP contribution in [0.3, 0.4) is 0 Å². The first kappa shape index (κ1) is 22.4. The minimum atomic E-state index is -4.36. The molecule has 0 aliphatic rings. The average Bonchev–Trinajstić information content (AvgIpc) is 2.59. The van der Waals surface area contributed by atoms with Crippen LogP contribution in [0.25, 0.3) is 0 Å². The first-order valence-electron chi connectivity index (χ1n) is 7.04. The van der Waals surface area contributed by atoms with Crippen LogP contribution in [0, 0.1) is 6.92 Å². The second kappa shape index (κ2) is 9.34. The maximum atomic E-state index is 12.4. The molecule has 1 aromatic carbocycles. The number of urea groups is 1. The van der Waals surface area contributed by atoms with Crippen LogP contribution in [-0.2, 0) is 14.8 Å². The monoisotopic (exact) mass is 450 g/mol. The predicted octanol–water partition coefficient (Wildman–Crippen LogP) is 0.105. The SMILES string of the molecule is COC(=O)c1ccccc1S(=O)(=O)NC(=O)Nc1nc(C)nc(OC)n1.[Ga]. The molecule has 2 N–H and O–H groups in total. The van der Waals surface area contributed by atoms with E-state index in [1.165, 1.54) is 32.2 Å². The molecule has 0 atom stereocenters. The summed E-state index contributed by atoms with van der Waals surface area (Å²) in [7, 11) is -1.92. The van der Waals surface area contributed by atoms with Gasteiger partial charge in [-0.3, -0.25) is 5.32 Å². The third-order valence-electron chi connectivity index (χ3n) is 2.94. The summed E-state index contributed by atoms with van der Waals surface area (Å²) in [6.45, 7) is 1.54. The molecule has 2 amide bonds. The Kier molecular flexibility index (Phi) is 7.75. The molecule has 0 aliphatic heterocycles. The van der Waals surface area contributed by atoms with E-state index in [2.05, 4.69) is 25.0 Å². The summed E-state index contributed by atoms with van der Waals surface area (Å²) in [5, 5.41) is 2.16. The molecule has 0 fully saturated rings. The van der Waals surface area contributed by atoms with Crippen molar-refractivity contribution in [2.24, 2.45) is 0 Å². The van der Waals surface area contributed by atoms with E-state index in [9.17, 15) is 18.0 Å². The van der Waals surface area contributed by atoms with Gasteiger partial charge in [-0.1, -0.05) is 12.1 Å². The zero-order valence-corrected chi connectivity index (χ0v) is 17.8. The van der Waals surface area contributed by atoms with Gasteiger partial charge in [-0.05, 0) is 19.1 Å². The van der Waals surface area contributed by atoms with E-state index in [4.69, 9.17) is 4.74 Å². The van der Waals surface area contributed by atoms with Crippen molar-refractivity contribution in [1.82, 2.24) is 19.7 Å². The van der Waals surface area contributed by atoms with Gasteiger partial charge in [0.1, 0.15) is 10.7 Å². The van der Waals surface area contributed by atoms with Crippen molar-refractivity contribution in [3.05, 3.63) is 35.7 Å². The van der Waals surface area contributed by atoms with Crippen molar-refractivity contribution >= 4 is 47.8 Å². The van der Waals surface area contributed by atoms with Crippen molar-refractivity contribution in [1.29, 1.82) is 0 Å². The smallest absolute Gasteiger partial charge is 0.339 e. The van der Waals surface area contributed by atoms with Crippen molar-refractivity contribution in [2.75, 3.05) is 19.5 Å². The minimum absolute atomic E-state index is 0. The fourth-order valence-electron chi connectivity index (χ4n) is 1.89. The number of hydrogen-bond donors (Lipinski definition) is 2. The van der Waals surface area contributed by atoms with E-state index in [1.54, 1.807) is 4.72 Å². The zero-order valence-electron chi connectivity index (χ0n) is 14.6. The van der Waals surface area contributed by atoms with E-state index in [-0.39, 0.29) is 43.1 Å². The number of aromatic nitrogens is 3. The standard InChI is InChI=1S/C14H15N5O6S.Ga/c1-8-15-12(18-14(16-8)25-3)17-13(21)19-26(22,23)10-7-5-4-6-9(10)11(20)24-2;/h4-7H,1-3H3,(H2,15,16,17,18,19,21);. The van der Waals surface area contributed by atoms with Crippen LogP contribution in [-0.4, -0.2) is 69.4 Å². The number of methoxy groups -OCH3 is 2. The van der Waals surface area contributed by atoms with Crippen LogP contribution in [0.2, 0.25) is 0 Å². The maximum Gasteiger partial charge on any atom is 0.339 e. The maximum absolute atomic E-state index is 12.4. The molecule has 0 bridgehead atoms. The van der Waals surface area contributed by atoms with Gasteiger partial charge < -0.3 is 9.47 Å². The number of nitrogens with one attached hydrogen (secondary N) is 2. The number of anilines is 1. The summed E-state index contributed by atoms with van der Waals surface area (Å²) < 4.78 is 36.0. The number of ether oxygens (including phenoxy) is 2. The molecule has 1 heterocycles. The summed E-state index contributed by atoms with van der Waals surface area (Å²) in [6.07, 6.45) is 0. The molecule has 11 nitrogen and oxygen atoms in total. The number of nitrogens with zero attached hydrogens (tertiary/aromatic N) is 3. The molecule has 1 aromatic heterocycles. The van der Waals surface area contributed by atoms with Gasteiger partial charge in [-0.15, -0.1) is 0 Å². The van der Waals surface area contributed by atoms with Crippen LogP contribution >= 0.6 is 0 Å². The molecular weight excluding hydrogens is 436 g/mol. The summed E-state index contributed by atoms with van der Waals surface area (Å²) in [6, 6.07) is 4.12. The third-order valence-corrected chi connectivity index (χ3v) is 4.33. The molecule has 141 valence electrons. The Morgan fingerprint density at radius 1 is 1.07 bits per heavy atom. The van der Waals surface area contributed by atoms with Gasteiger partial charge in [0, 0.05) is 19.8 Å². The number of aryl methyl sites for hydroxylation is 1. The average molecular weight is 451 g/mol.